The number of rotatable bonds is 9. The SMILES string of the molecule is C=CCCCC(CCSC)NCC. The fraction of sp³-hybridized carbons (Fsp3) is 0.818. The average Bonchev–Trinajstić information content (AvgIpc) is 2.14. The first-order chi connectivity index (χ1) is 6.35. The van der Waals surface area contributed by atoms with E-state index in [9.17, 15) is 0 Å². The van der Waals surface area contributed by atoms with E-state index < -0.39 is 0 Å². The van der Waals surface area contributed by atoms with Crippen molar-refractivity contribution < 1.29 is 0 Å². The highest BCUT2D eigenvalue weighted by molar-refractivity contribution is 7.98. The lowest BCUT2D eigenvalue weighted by atomic mass is 10.1. The Morgan fingerprint density at radius 1 is 1.46 bits per heavy atom. The molecule has 0 bridgehead atoms. The van der Waals surface area contributed by atoms with Crippen molar-refractivity contribution in [2.45, 2.75) is 38.6 Å². The predicted octanol–water partition coefficient (Wildman–Crippen LogP) is 3.07. The van der Waals surface area contributed by atoms with Gasteiger partial charge in [-0.2, -0.15) is 11.8 Å². The largest absolute Gasteiger partial charge is 0.314 e. The number of hydrogen-bond donors (Lipinski definition) is 1. The van der Waals surface area contributed by atoms with E-state index in [0.717, 1.165) is 19.0 Å². The summed E-state index contributed by atoms with van der Waals surface area (Å²) >= 11 is 1.93. The average molecular weight is 201 g/mol. The van der Waals surface area contributed by atoms with Gasteiger partial charge >= 0.3 is 0 Å². The Morgan fingerprint density at radius 3 is 2.77 bits per heavy atom. The molecule has 0 saturated heterocycles. The zero-order chi connectivity index (χ0) is 9.94. The van der Waals surface area contributed by atoms with Gasteiger partial charge in [0.2, 0.25) is 0 Å². The Kier molecular flexibility index (Phi) is 10.2. The van der Waals surface area contributed by atoms with Crippen LogP contribution in [0.3, 0.4) is 0 Å². The van der Waals surface area contributed by atoms with E-state index in [1.165, 1.54) is 25.0 Å². The molecule has 0 amide bonds. The van der Waals surface area contributed by atoms with E-state index in [2.05, 4.69) is 25.1 Å². The van der Waals surface area contributed by atoms with Gasteiger partial charge in [-0.25, -0.2) is 0 Å². The predicted molar refractivity (Wildman–Crippen MR) is 64.5 cm³/mol. The Hall–Kier alpha value is 0.0500. The highest BCUT2D eigenvalue weighted by Gasteiger charge is 2.04. The molecule has 1 N–H and O–H groups in total. The molecule has 0 aromatic carbocycles. The number of hydrogen-bond acceptors (Lipinski definition) is 2. The van der Waals surface area contributed by atoms with E-state index in [4.69, 9.17) is 0 Å². The summed E-state index contributed by atoms with van der Waals surface area (Å²) < 4.78 is 0. The summed E-state index contributed by atoms with van der Waals surface area (Å²) in [5, 5.41) is 3.53. The van der Waals surface area contributed by atoms with Crippen molar-refractivity contribution in [3.63, 3.8) is 0 Å². The normalized spacial score (nSPS) is 12.8. The van der Waals surface area contributed by atoms with Crippen LogP contribution in [0.15, 0.2) is 12.7 Å². The quantitative estimate of drug-likeness (QED) is 0.454. The van der Waals surface area contributed by atoms with Crippen LogP contribution < -0.4 is 5.32 Å². The van der Waals surface area contributed by atoms with E-state index in [1.54, 1.807) is 0 Å². The topological polar surface area (TPSA) is 12.0 Å². The van der Waals surface area contributed by atoms with Crippen molar-refractivity contribution >= 4 is 11.8 Å². The first kappa shape index (κ1) is 13.1. The van der Waals surface area contributed by atoms with Gasteiger partial charge in [0.05, 0.1) is 0 Å². The van der Waals surface area contributed by atoms with Crippen LogP contribution in [0.1, 0.15) is 32.6 Å². The molecule has 0 heterocycles. The maximum absolute atomic E-state index is 3.74. The molecule has 0 rings (SSSR count). The minimum Gasteiger partial charge on any atom is -0.314 e. The molecule has 0 aliphatic carbocycles. The zero-order valence-electron chi connectivity index (χ0n) is 9.01. The van der Waals surface area contributed by atoms with Crippen molar-refractivity contribution in [3.05, 3.63) is 12.7 Å². The van der Waals surface area contributed by atoms with E-state index in [-0.39, 0.29) is 0 Å². The van der Waals surface area contributed by atoms with Crippen molar-refractivity contribution in [3.8, 4) is 0 Å². The Labute approximate surface area is 87.4 Å². The Bertz CT molecular complexity index is 115. The van der Waals surface area contributed by atoms with Crippen LogP contribution in [0.4, 0.5) is 0 Å². The molecule has 0 aliphatic heterocycles. The molecule has 13 heavy (non-hydrogen) atoms. The van der Waals surface area contributed by atoms with Crippen molar-refractivity contribution in [1.29, 1.82) is 0 Å². The van der Waals surface area contributed by atoms with Gasteiger partial charge in [0.15, 0.2) is 0 Å². The van der Waals surface area contributed by atoms with Crippen molar-refractivity contribution in [2.75, 3.05) is 18.6 Å². The van der Waals surface area contributed by atoms with Gasteiger partial charge in [-0.3, -0.25) is 0 Å². The molecule has 2 heteroatoms. The molecule has 0 spiro atoms. The third-order valence-corrected chi connectivity index (χ3v) is 2.77. The van der Waals surface area contributed by atoms with Gasteiger partial charge in [0.1, 0.15) is 0 Å². The molecule has 1 unspecified atom stereocenters. The molecule has 0 aromatic rings. The third-order valence-electron chi connectivity index (χ3n) is 2.12. The highest BCUT2D eigenvalue weighted by Crippen LogP contribution is 2.08. The Morgan fingerprint density at radius 2 is 2.23 bits per heavy atom. The third kappa shape index (κ3) is 8.38. The second kappa shape index (κ2) is 10.1. The maximum atomic E-state index is 3.74. The lowest BCUT2D eigenvalue weighted by molar-refractivity contribution is 0.471. The number of unbranched alkanes of at least 4 members (excludes halogenated alkanes) is 1. The molecular weight excluding hydrogens is 178 g/mol. The summed E-state index contributed by atoms with van der Waals surface area (Å²) in [6.07, 6.45) is 9.20. The first-order valence-corrected chi connectivity index (χ1v) is 6.57. The molecule has 0 aliphatic rings. The lowest BCUT2D eigenvalue weighted by Gasteiger charge is -2.16. The zero-order valence-corrected chi connectivity index (χ0v) is 9.83. The van der Waals surface area contributed by atoms with Gasteiger partial charge in [-0.15, -0.1) is 6.58 Å². The van der Waals surface area contributed by atoms with Crippen LogP contribution in [-0.2, 0) is 0 Å². The summed E-state index contributed by atoms with van der Waals surface area (Å²) in [4.78, 5) is 0. The van der Waals surface area contributed by atoms with Crippen molar-refractivity contribution in [1.82, 2.24) is 5.32 Å². The van der Waals surface area contributed by atoms with E-state index in [1.807, 2.05) is 17.8 Å². The minimum atomic E-state index is 0.720. The lowest BCUT2D eigenvalue weighted by Crippen LogP contribution is -2.29. The first-order valence-electron chi connectivity index (χ1n) is 5.18. The summed E-state index contributed by atoms with van der Waals surface area (Å²) in [5.41, 5.74) is 0. The second-order valence-corrected chi connectivity index (χ2v) is 4.24. The summed E-state index contributed by atoms with van der Waals surface area (Å²) in [6.45, 7) is 7.01. The van der Waals surface area contributed by atoms with Gasteiger partial charge in [0.25, 0.3) is 0 Å². The van der Waals surface area contributed by atoms with Gasteiger partial charge in [-0.1, -0.05) is 13.0 Å². The number of nitrogens with one attached hydrogen (secondary N) is 1. The fourth-order valence-corrected chi connectivity index (χ4v) is 1.93. The van der Waals surface area contributed by atoms with Crippen molar-refractivity contribution in [2.24, 2.45) is 0 Å². The Balaban J connectivity index is 3.46. The molecule has 1 nitrogen and oxygen atoms in total. The second-order valence-electron chi connectivity index (χ2n) is 3.26. The smallest absolute Gasteiger partial charge is 0.00749 e. The molecule has 1 atom stereocenters. The monoisotopic (exact) mass is 201 g/mol. The minimum absolute atomic E-state index is 0.720. The summed E-state index contributed by atoms with van der Waals surface area (Å²) in [6, 6.07) is 0.720. The highest BCUT2D eigenvalue weighted by atomic mass is 32.2. The van der Waals surface area contributed by atoms with Gasteiger partial charge < -0.3 is 5.32 Å². The summed E-state index contributed by atoms with van der Waals surface area (Å²) in [7, 11) is 0. The van der Waals surface area contributed by atoms with E-state index >= 15 is 0 Å². The molecular formula is C11H23NS. The van der Waals surface area contributed by atoms with Crippen LogP contribution in [0.2, 0.25) is 0 Å². The number of thioether (sulfide) groups is 1. The van der Waals surface area contributed by atoms with Crippen LogP contribution >= 0.6 is 11.8 Å². The molecule has 0 aromatic heterocycles. The van der Waals surface area contributed by atoms with E-state index in [0.29, 0.717) is 0 Å². The molecule has 0 fully saturated rings. The van der Waals surface area contributed by atoms with Gasteiger partial charge in [0, 0.05) is 6.04 Å². The van der Waals surface area contributed by atoms with Crippen LogP contribution in [-0.4, -0.2) is 24.6 Å². The molecule has 78 valence electrons. The van der Waals surface area contributed by atoms with Crippen LogP contribution in [0.25, 0.3) is 0 Å². The number of allylic oxidation sites excluding steroid dienone is 1. The maximum Gasteiger partial charge on any atom is 0.00749 e. The van der Waals surface area contributed by atoms with Gasteiger partial charge in [-0.05, 0) is 44.2 Å². The fourth-order valence-electron chi connectivity index (χ4n) is 1.41. The van der Waals surface area contributed by atoms with Crippen LogP contribution in [0, 0.1) is 0 Å². The standard InChI is InChI=1S/C11H23NS/c1-4-6-7-8-11(12-5-2)9-10-13-3/h4,11-12H,1,5-10H2,2-3H3. The molecule has 0 saturated carbocycles. The summed E-state index contributed by atoms with van der Waals surface area (Å²) in [5.74, 6) is 1.27. The molecule has 0 radical (unpaired) electrons. The van der Waals surface area contributed by atoms with Crippen LogP contribution in [0.5, 0.6) is 0 Å².